The Labute approximate surface area is 134 Å². The van der Waals surface area contributed by atoms with Crippen LogP contribution in [0.1, 0.15) is 39.5 Å². The lowest BCUT2D eigenvalue weighted by Gasteiger charge is -2.27. The molecular weight excluding hydrogens is 377 g/mol. The molecule has 0 spiro atoms. The number of unbranched alkanes of at least 4 members (excludes halogenated alkanes) is 3. The summed E-state index contributed by atoms with van der Waals surface area (Å²) >= 11 is 0. The molecule has 24 heavy (non-hydrogen) atoms. The van der Waals surface area contributed by atoms with E-state index in [1.54, 1.807) is 0 Å². The fourth-order valence-electron chi connectivity index (χ4n) is 1.34. The van der Waals surface area contributed by atoms with Gasteiger partial charge in [-0.2, -0.15) is 39.2 Å². The van der Waals surface area contributed by atoms with E-state index in [0.717, 1.165) is 6.42 Å². The molecule has 0 aromatic heterocycles. The predicted octanol–water partition coefficient (Wildman–Crippen LogP) is 4.00. The fraction of sp³-hybridized carbons (Fsp3) is 1.00. The number of rotatable bonds is 11. The van der Waals surface area contributed by atoms with Crippen molar-refractivity contribution >= 4 is 10.1 Å². The summed E-state index contributed by atoms with van der Waals surface area (Å²) in [6, 6.07) is 0. The van der Waals surface area contributed by atoms with E-state index >= 15 is 0 Å². The molecule has 0 N–H and O–H groups in total. The molecule has 0 fully saturated rings. The molecule has 0 amide bonds. The maximum absolute atomic E-state index is 13.2. The molecule has 1 atom stereocenters. The average molecular weight is 394 g/mol. The topological polar surface area (TPSA) is 61.8 Å². The highest BCUT2D eigenvalue weighted by Gasteiger charge is 2.61. The van der Waals surface area contributed by atoms with Crippen LogP contribution in [0.5, 0.6) is 0 Å². The van der Waals surface area contributed by atoms with Gasteiger partial charge in [0.1, 0.15) is 0 Å². The lowest BCUT2D eigenvalue weighted by molar-refractivity contribution is -0.448. The van der Waals surface area contributed by atoms with Crippen molar-refractivity contribution in [2.24, 2.45) is 0 Å². The van der Waals surface area contributed by atoms with E-state index < -0.39 is 40.7 Å². The zero-order chi connectivity index (χ0) is 19.2. The van der Waals surface area contributed by atoms with Gasteiger partial charge in [0.05, 0.1) is 6.61 Å². The van der Waals surface area contributed by atoms with Crippen molar-refractivity contribution in [3.63, 3.8) is 0 Å². The zero-order valence-corrected chi connectivity index (χ0v) is 13.5. The van der Waals surface area contributed by atoms with Crippen molar-refractivity contribution in [2.75, 3.05) is 6.61 Å². The Morgan fingerprint density at radius 1 is 0.917 bits per heavy atom. The van der Waals surface area contributed by atoms with E-state index in [0.29, 0.717) is 12.8 Å². The molecule has 0 aliphatic carbocycles. The van der Waals surface area contributed by atoms with Crippen molar-refractivity contribution in [1.82, 2.24) is 0 Å². The standard InChI is InChI=1S/C11H17F7O5S/c1-3-4-5-6-7-21-9(12,13)10(14,15)22-8(2)23-24(19,20)11(16,17)18/h8H,3-7H2,1-2H3. The normalized spacial score (nSPS) is 15.5. The van der Waals surface area contributed by atoms with E-state index in [1.807, 2.05) is 6.92 Å². The fourth-order valence-corrected chi connectivity index (χ4v) is 1.85. The molecule has 0 bridgehead atoms. The minimum atomic E-state index is -6.29. The van der Waals surface area contributed by atoms with E-state index in [-0.39, 0.29) is 13.3 Å². The van der Waals surface area contributed by atoms with Crippen molar-refractivity contribution in [1.29, 1.82) is 0 Å². The second-order valence-electron chi connectivity index (χ2n) is 4.62. The maximum atomic E-state index is 13.2. The first-order chi connectivity index (χ1) is 10.7. The quantitative estimate of drug-likeness (QED) is 0.174. The Morgan fingerprint density at radius 3 is 1.92 bits per heavy atom. The summed E-state index contributed by atoms with van der Waals surface area (Å²) in [4.78, 5) is 0. The Balaban J connectivity index is 4.69. The highest BCUT2D eigenvalue weighted by atomic mass is 32.2. The van der Waals surface area contributed by atoms with E-state index in [2.05, 4.69) is 13.7 Å². The third-order valence-electron chi connectivity index (χ3n) is 2.48. The van der Waals surface area contributed by atoms with Crippen LogP contribution in [-0.2, 0) is 23.8 Å². The molecule has 5 nitrogen and oxygen atoms in total. The SMILES string of the molecule is CCCCCCOC(F)(F)C(F)(F)OC(C)OS(=O)(=O)C(F)(F)F. The van der Waals surface area contributed by atoms with Gasteiger partial charge in [0.15, 0.2) is 6.29 Å². The maximum Gasteiger partial charge on any atom is 0.523 e. The smallest absolute Gasteiger partial charge is 0.313 e. The molecule has 1 unspecified atom stereocenters. The van der Waals surface area contributed by atoms with Crippen molar-refractivity contribution < 1.29 is 52.8 Å². The number of ether oxygens (including phenoxy) is 2. The lowest BCUT2D eigenvalue weighted by Crippen LogP contribution is -2.47. The number of alkyl halides is 7. The molecule has 0 aliphatic heterocycles. The van der Waals surface area contributed by atoms with Crippen LogP contribution in [0.2, 0.25) is 0 Å². The zero-order valence-electron chi connectivity index (χ0n) is 12.7. The van der Waals surface area contributed by atoms with Gasteiger partial charge in [0.2, 0.25) is 0 Å². The van der Waals surface area contributed by atoms with Gasteiger partial charge in [-0.05, 0) is 13.3 Å². The van der Waals surface area contributed by atoms with Crippen LogP contribution in [-0.4, -0.2) is 39.0 Å². The summed E-state index contributed by atoms with van der Waals surface area (Å²) in [5.41, 5.74) is -5.92. The minimum Gasteiger partial charge on any atom is -0.313 e. The number of hydrogen-bond acceptors (Lipinski definition) is 5. The first-order valence-corrected chi connectivity index (χ1v) is 8.14. The summed E-state index contributed by atoms with van der Waals surface area (Å²) in [7, 11) is -6.29. The monoisotopic (exact) mass is 394 g/mol. The molecule has 13 heteroatoms. The van der Waals surface area contributed by atoms with Crippen LogP contribution in [0.4, 0.5) is 30.7 Å². The first kappa shape index (κ1) is 23.3. The van der Waals surface area contributed by atoms with Crippen LogP contribution in [0, 0.1) is 0 Å². The van der Waals surface area contributed by atoms with Gasteiger partial charge in [0.25, 0.3) is 0 Å². The summed E-state index contributed by atoms with van der Waals surface area (Å²) in [6.07, 6.45) is -11.5. The number of halogens is 7. The second-order valence-corrected chi connectivity index (χ2v) is 6.19. The third kappa shape index (κ3) is 7.07. The Hall–Kier alpha value is -0.660. The molecule has 0 saturated carbocycles. The van der Waals surface area contributed by atoms with E-state index in [1.165, 1.54) is 0 Å². The van der Waals surface area contributed by atoms with Crippen LogP contribution in [0.25, 0.3) is 0 Å². The molecule has 0 aromatic rings. The first-order valence-electron chi connectivity index (χ1n) is 6.73. The Morgan fingerprint density at radius 2 is 1.46 bits per heavy atom. The minimum absolute atomic E-state index is 0.0496. The average Bonchev–Trinajstić information content (AvgIpc) is 2.35. The third-order valence-corrected chi connectivity index (χ3v) is 3.57. The van der Waals surface area contributed by atoms with Crippen LogP contribution < -0.4 is 0 Å². The van der Waals surface area contributed by atoms with Gasteiger partial charge in [-0.3, -0.25) is 4.74 Å². The Kier molecular flexibility index (Phi) is 8.39. The van der Waals surface area contributed by atoms with Gasteiger partial charge in [-0.1, -0.05) is 26.2 Å². The summed E-state index contributed by atoms with van der Waals surface area (Å²) < 4.78 is 120. The van der Waals surface area contributed by atoms with Gasteiger partial charge in [0, 0.05) is 0 Å². The van der Waals surface area contributed by atoms with Crippen LogP contribution in [0.3, 0.4) is 0 Å². The highest BCUT2D eigenvalue weighted by molar-refractivity contribution is 7.87. The van der Waals surface area contributed by atoms with Gasteiger partial charge < -0.3 is 4.74 Å². The lowest BCUT2D eigenvalue weighted by atomic mass is 10.2. The van der Waals surface area contributed by atoms with Crippen LogP contribution in [0.15, 0.2) is 0 Å². The van der Waals surface area contributed by atoms with Crippen LogP contribution >= 0.6 is 0 Å². The molecule has 0 aliphatic rings. The predicted molar refractivity (Wildman–Crippen MR) is 66.6 cm³/mol. The molecular formula is C11H17F7O5S. The van der Waals surface area contributed by atoms with E-state index in [9.17, 15) is 39.2 Å². The summed E-state index contributed by atoms with van der Waals surface area (Å²) in [5, 5.41) is 0. The van der Waals surface area contributed by atoms with Crippen molar-refractivity contribution in [3.8, 4) is 0 Å². The van der Waals surface area contributed by atoms with Gasteiger partial charge in [-0.15, -0.1) is 0 Å². The molecule has 0 radical (unpaired) electrons. The molecule has 0 saturated heterocycles. The van der Waals surface area contributed by atoms with E-state index in [4.69, 9.17) is 0 Å². The van der Waals surface area contributed by atoms with Gasteiger partial charge >= 0.3 is 27.8 Å². The largest absolute Gasteiger partial charge is 0.523 e. The molecule has 146 valence electrons. The molecule has 0 heterocycles. The van der Waals surface area contributed by atoms with Gasteiger partial charge in [-0.25, -0.2) is 4.18 Å². The Bertz CT molecular complexity index is 478. The molecule has 0 rings (SSSR count). The van der Waals surface area contributed by atoms with Crippen molar-refractivity contribution in [3.05, 3.63) is 0 Å². The summed E-state index contributed by atoms with van der Waals surface area (Å²) in [6.45, 7) is 1.37. The summed E-state index contributed by atoms with van der Waals surface area (Å²) in [5.74, 6) is 0. The second kappa shape index (κ2) is 8.63. The molecule has 0 aromatic carbocycles. The highest BCUT2D eigenvalue weighted by Crippen LogP contribution is 2.38. The number of hydrogen-bond donors (Lipinski definition) is 0. The van der Waals surface area contributed by atoms with Crippen molar-refractivity contribution in [2.45, 2.75) is 63.5 Å².